The summed E-state index contributed by atoms with van der Waals surface area (Å²) in [5.74, 6) is 1.47. The van der Waals surface area contributed by atoms with Crippen LogP contribution in [0.15, 0.2) is 51.9 Å². The molecule has 2 aromatic rings. The number of amides is 1. The average molecular weight is 447 g/mol. The molecule has 0 spiro atoms. The second-order valence-electron chi connectivity index (χ2n) is 6.23. The molecule has 0 aliphatic rings. The van der Waals surface area contributed by atoms with Crippen molar-refractivity contribution >= 4 is 33.5 Å². The number of ether oxygens (including phenoxy) is 1. The Morgan fingerprint density at radius 3 is 2.57 bits per heavy atom. The molecule has 150 valence electrons. The summed E-state index contributed by atoms with van der Waals surface area (Å²) in [6.45, 7) is 5.76. The largest absolute Gasteiger partial charge is 0.497 e. The first-order valence-corrected chi connectivity index (χ1v) is 10.0. The van der Waals surface area contributed by atoms with Crippen LogP contribution in [0.25, 0.3) is 0 Å². The van der Waals surface area contributed by atoms with Crippen LogP contribution in [-0.4, -0.2) is 32.1 Å². The lowest BCUT2D eigenvalue weighted by atomic mass is 10.2. The quantitative estimate of drug-likeness (QED) is 0.425. The molecule has 0 radical (unpaired) electrons. The molecule has 7 heteroatoms. The zero-order chi connectivity index (χ0) is 20.4. The number of nitrogens with zero attached hydrogens (tertiary/aromatic N) is 1. The molecular weight excluding hydrogens is 420 g/mol. The Kier molecular flexibility index (Phi) is 8.81. The maximum absolute atomic E-state index is 12.2. The smallest absolute Gasteiger partial charge is 0.226 e. The first kappa shape index (κ1) is 21.8. The zero-order valence-electron chi connectivity index (χ0n) is 16.5. The summed E-state index contributed by atoms with van der Waals surface area (Å²) in [6.07, 6.45) is 0.346. The lowest BCUT2D eigenvalue weighted by Crippen LogP contribution is -2.38. The Morgan fingerprint density at radius 2 is 1.89 bits per heavy atom. The van der Waals surface area contributed by atoms with E-state index in [-0.39, 0.29) is 5.91 Å². The van der Waals surface area contributed by atoms with Gasteiger partial charge < -0.3 is 20.7 Å². The van der Waals surface area contributed by atoms with Crippen molar-refractivity contribution in [1.29, 1.82) is 0 Å². The van der Waals surface area contributed by atoms with Gasteiger partial charge in [-0.05, 0) is 49.2 Å². The van der Waals surface area contributed by atoms with Crippen LogP contribution in [0.3, 0.4) is 0 Å². The first-order valence-electron chi connectivity index (χ1n) is 9.23. The van der Waals surface area contributed by atoms with Crippen molar-refractivity contribution in [3.05, 3.63) is 58.1 Å². The summed E-state index contributed by atoms with van der Waals surface area (Å²) < 4.78 is 6.10. The highest BCUT2D eigenvalue weighted by Crippen LogP contribution is 2.20. The summed E-state index contributed by atoms with van der Waals surface area (Å²) in [6, 6.07) is 13.6. The number of aliphatic imine (C=N–C) groups is 1. The molecule has 3 N–H and O–H groups in total. The molecule has 1 amide bonds. The van der Waals surface area contributed by atoms with Gasteiger partial charge in [-0.15, -0.1) is 0 Å². The fourth-order valence-electron chi connectivity index (χ4n) is 2.48. The molecule has 0 fully saturated rings. The number of hydrogen-bond donors (Lipinski definition) is 3. The highest BCUT2D eigenvalue weighted by Gasteiger charge is 2.06. The van der Waals surface area contributed by atoms with E-state index in [1.807, 2.05) is 56.3 Å². The van der Waals surface area contributed by atoms with E-state index in [2.05, 4.69) is 36.9 Å². The lowest BCUT2D eigenvalue weighted by molar-refractivity contribution is -0.116. The summed E-state index contributed by atoms with van der Waals surface area (Å²) in [5.41, 5.74) is 2.93. The number of aryl methyl sites for hydroxylation is 1. The monoisotopic (exact) mass is 446 g/mol. The topological polar surface area (TPSA) is 74.8 Å². The van der Waals surface area contributed by atoms with Crippen LogP contribution < -0.4 is 20.7 Å². The molecule has 0 saturated carbocycles. The summed E-state index contributed by atoms with van der Waals surface area (Å²) in [5, 5.41) is 9.34. The lowest BCUT2D eigenvalue weighted by Gasteiger charge is -2.12. The SMILES string of the molecule is CCNC(=NCc1ccc(OC)cc1)NCCC(=O)Nc1cc(Br)ccc1C. The van der Waals surface area contributed by atoms with Gasteiger partial charge in [-0.1, -0.05) is 34.1 Å². The van der Waals surface area contributed by atoms with E-state index >= 15 is 0 Å². The van der Waals surface area contributed by atoms with Gasteiger partial charge in [0.2, 0.25) is 5.91 Å². The van der Waals surface area contributed by atoms with Crippen molar-refractivity contribution in [2.45, 2.75) is 26.8 Å². The van der Waals surface area contributed by atoms with Crippen molar-refractivity contribution in [1.82, 2.24) is 10.6 Å². The van der Waals surface area contributed by atoms with Crippen molar-refractivity contribution in [2.24, 2.45) is 4.99 Å². The molecule has 28 heavy (non-hydrogen) atoms. The van der Waals surface area contributed by atoms with Crippen LogP contribution in [0.4, 0.5) is 5.69 Å². The highest BCUT2D eigenvalue weighted by atomic mass is 79.9. The van der Waals surface area contributed by atoms with Gasteiger partial charge in [0.15, 0.2) is 5.96 Å². The van der Waals surface area contributed by atoms with E-state index in [1.54, 1.807) is 7.11 Å². The summed E-state index contributed by atoms with van der Waals surface area (Å²) >= 11 is 3.43. The number of benzene rings is 2. The van der Waals surface area contributed by atoms with E-state index in [0.717, 1.165) is 33.6 Å². The third kappa shape index (κ3) is 7.23. The van der Waals surface area contributed by atoms with Gasteiger partial charge >= 0.3 is 0 Å². The van der Waals surface area contributed by atoms with Crippen LogP contribution in [0.1, 0.15) is 24.5 Å². The predicted octanol–water partition coefficient (Wildman–Crippen LogP) is 3.85. The van der Waals surface area contributed by atoms with E-state index < -0.39 is 0 Å². The number of rotatable bonds is 8. The Balaban J connectivity index is 1.84. The van der Waals surface area contributed by atoms with Gasteiger partial charge in [0.1, 0.15) is 5.75 Å². The zero-order valence-corrected chi connectivity index (χ0v) is 18.1. The number of carbonyl (C=O) groups is 1. The Bertz CT molecular complexity index is 807. The van der Waals surface area contributed by atoms with E-state index in [4.69, 9.17) is 4.74 Å². The second kappa shape index (κ2) is 11.3. The molecule has 0 saturated heterocycles. The highest BCUT2D eigenvalue weighted by molar-refractivity contribution is 9.10. The second-order valence-corrected chi connectivity index (χ2v) is 7.14. The molecule has 2 aromatic carbocycles. The molecule has 0 aromatic heterocycles. The molecule has 0 bridgehead atoms. The van der Waals surface area contributed by atoms with Crippen LogP contribution in [0.5, 0.6) is 5.75 Å². The number of guanidine groups is 1. The third-order valence-electron chi connectivity index (χ3n) is 4.04. The van der Waals surface area contributed by atoms with Crippen LogP contribution in [0.2, 0.25) is 0 Å². The minimum atomic E-state index is -0.0419. The van der Waals surface area contributed by atoms with E-state index in [9.17, 15) is 4.79 Å². The number of halogens is 1. The van der Waals surface area contributed by atoms with Gasteiger partial charge in [-0.3, -0.25) is 4.79 Å². The number of nitrogens with one attached hydrogen (secondary N) is 3. The van der Waals surface area contributed by atoms with Crippen LogP contribution >= 0.6 is 15.9 Å². The molecule has 2 rings (SSSR count). The molecule has 6 nitrogen and oxygen atoms in total. The summed E-state index contributed by atoms with van der Waals surface area (Å²) in [4.78, 5) is 16.8. The van der Waals surface area contributed by atoms with Gasteiger partial charge in [-0.2, -0.15) is 0 Å². The normalized spacial score (nSPS) is 11.1. The molecule has 0 unspecified atom stereocenters. The Morgan fingerprint density at radius 1 is 1.14 bits per heavy atom. The maximum atomic E-state index is 12.2. The number of hydrogen-bond acceptors (Lipinski definition) is 3. The van der Waals surface area contributed by atoms with Gasteiger partial charge in [-0.25, -0.2) is 4.99 Å². The molecule has 0 aliphatic heterocycles. The Hall–Kier alpha value is -2.54. The van der Waals surface area contributed by atoms with Gasteiger partial charge in [0, 0.05) is 29.7 Å². The number of methoxy groups -OCH3 is 1. The summed E-state index contributed by atoms with van der Waals surface area (Å²) in [7, 11) is 1.65. The Labute approximate surface area is 174 Å². The van der Waals surface area contributed by atoms with Crippen LogP contribution in [0, 0.1) is 6.92 Å². The van der Waals surface area contributed by atoms with Gasteiger partial charge in [0.25, 0.3) is 0 Å². The standard InChI is InChI=1S/C21H27BrN4O2/c1-4-23-21(25-14-16-6-9-18(28-3)10-7-16)24-12-11-20(27)26-19-13-17(22)8-5-15(19)2/h5-10,13H,4,11-12,14H2,1-3H3,(H,26,27)(H2,23,24,25). The molecule has 0 aliphatic carbocycles. The van der Waals surface area contributed by atoms with E-state index in [0.29, 0.717) is 25.5 Å². The minimum Gasteiger partial charge on any atom is -0.497 e. The third-order valence-corrected chi connectivity index (χ3v) is 4.53. The molecule has 0 atom stereocenters. The van der Waals surface area contributed by atoms with E-state index in [1.165, 1.54) is 0 Å². The predicted molar refractivity (Wildman–Crippen MR) is 118 cm³/mol. The minimum absolute atomic E-state index is 0.0419. The van der Waals surface area contributed by atoms with Gasteiger partial charge in [0.05, 0.1) is 13.7 Å². The number of anilines is 1. The first-order chi connectivity index (χ1) is 13.5. The number of carbonyl (C=O) groups excluding carboxylic acids is 1. The molecular formula is C21H27BrN4O2. The van der Waals surface area contributed by atoms with Crippen molar-refractivity contribution in [3.8, 4) is 5.75 Å². The van der Waals surface area contributed by atoms with Crippen LogP contribution in [-0.2, 0) is 11.3 Å². The van der Waals surface area contributed by atoms with Crippen molar-refractivity contribution < 1.29 is 9.53 Å². The average Bonchev–Trinajstić information content (AvgIpc) is 2.69. The fourth-order valence-corrected chi connectivity index (χ4v) is 2.84. The fraction of sp³-hybridized carbons (Fsp3) is 0.333. The van der Waals surface area contributed by atoms with Crippen molar-refractivity contribution in [3.63, 3.8) is 0 Å². The maximum Gasteiger partial charge on any atom is 0.226 e. The molecule has 0 heterocycles. The van der Waals surface area contributed by atoms with Crippen molar-refractivity contribution in [2.75, 3.05) is 25.5 Å².